The van der Waals surface area contributed by atoms with Crippen LogP contribution in [0.5, 0.6) is 5.75 Å². The molecule has 3 aromatic carbocycles. The van der Waals surface area contributed by atoms with Crippen LogP contribution in [0.15, 0.2) is 93.9 Å². The van der Waals surface area contributed by atoms with Crippen LogP contribution in [-0.2, 0) is 20.8 Å². The quantitative estimate of drug-likeness (QED) is 0.178. The molecule has 0 radical (unpaired) electrons. The lowest BCUT2D eigenvalue weighted by Gasteiger charge is -2.24. The van der Waals surface area contributed by atoms with Crippen LogP contribution in [0.25, 0.3) is 17.0 Å². The van der Waals surface area contributed by atoms with Gasteiger partial charge in [0.25, 0.3) is 5.56 Å². The van der Waals surface area contributed by atoms with E-state index < -0.39 is 12.0 Å². The third kappa shape index (κ3) is 6.11. The van der Waals surface area contributed by atoms with Crippen molar-refractivity contribution in [2.24, 2.45) is 4.99 Å². The first kappa shape index (κ1) is 32.7. The van der Waals surface area contributed by atoms with Crippen LogP contribution in [0, 0.1) is 6.92 Å². The molecule has 6 rings (SSSR count). The summed E-state index contributed by atoms with van der Waals surface area (Å²) in [6.07, 6.45) is 1.93. The van der Waals surface area contributed by atoms with Crippen LogP contribution in [0.3, 0.4) is 0 Å². The number of nitrogens with zero attached hydrogens (tertiary/aromatic N) is 3. The van der Waals surface area contributed by atoms with Gasteiger partial charge in [-0.3, -0.25) is 9.36 Å². The minimum Gasteiger partial charge on any atom is -0.494 e. The van der Waals surface area contributed by atoms with Crippen molar-refractivity contribution in [1.82, 2.24) is 9.13 Å². The molecule has 246 valence electrons. The number of hydrogen-bond acceptors (Lipinski definition) is 8. The van der Waals surface area contributed by atoms with Crippen molar-refractivity contribution in [3.63, 3.8) is 0 Å². The van der Waals surface area contributed by atoms with Crippen LogP contribution in [0.2, 0.25) is 0 Å². The fraction of sp³-hybridized carbons (Fsp3) is 0.263. The molecule has 0 aliphatic carbocycles. The lowest BCUT2D eigenvalue weighted by atomic mass is 9.96. The predicted octanol–water partition coefficient (Wildman–Crippen LogP) is 5.69. The van der Waals surface area contributed by atoms with Gasteiger partial charge in [0.05, 0.1) is 47.2 Å². The van der Waals surface area contributed by atoms with E-state index in [2.05, 4.69) is 16.7 Å². The summed E-state index contributed by atoms with van der Waals surface area (Å²) in [6, 6.07) is 22.3. The van der Waals surface area contributed by atoms with Crippen molar-refractivity contribution < 1.29 is 23.8 Å². The van der Waals surface area contributed by atoms with Crippen LogP contribution in [-0.4, -0.2) is 40.9 Å². The minimum absolute atomic E-state index is 0.203. The molecule has 10 heteroatoms. The highest BCUT2D eigenvalue weighted by molar-refractivity contribution is 7.07. The third-order valence-electron chi connectivity index (χ3n) is 8.38. The first-order valence-electron chi connectivity index (χ1n) is 16.0. The zero-order chi connectivity index (χ0) is 33.9. The summed E-state index contributed by atoms with van der Waals surface area (Å²) in [5, 5.41) is 1.01. The van der Waals surface area contributed by atoms with Crippen LogP contribution in [0.4, 0.5) is 0 Å². The van der Waals surface area contributed by atoms with Crippen molar-refractivity contribution in [2.45, 2.75) is 47.2 Å². The molecule has 0 amide bonds. The molecule has 1 atom stereocenters. The van der Waals surface area contributed by atoms with Gasteiger partial charge in [0.15, 0.2) is 4.80 Å². The number of fused-ring (bicyclic) bond motifs is 2. The van der Waals surface area contributed by atoms with Gasteiger partial charge in [0.2, 0.25) is 0 Å². The SMILES string of the molecule is CCOC(=O)C1=C(C)N=c2s/c(=C\c3c(C)n(Cc4ccc(C(=O)OCC)cc4)c4ccccc34)c(=O)n2[C@H]1c1ccc(OCC)cc1. The number of allylic oxidation sites excluding steroid dienone is 1. The predicted molar refractivity (Wildman–Crippen MR) is 186 cm³/mol. The van der Waals surface area contributed by atoms with Gasteiger partial charge in [0.1, 0.15) is 5.75 Å². The van der Waals surface area contributed by atoms with E-state index in [0.717, 1.165) is 33.3 Å². The summed E-state index contributed by atoms with van der Waals surface area (Å²) in [5.74, 6) is -0.139. The Balaban J connectivity index is 1.46. The number of ether oxygens (including phenoxy) is 3. The van der Waals surface area contributed by atoms with Crippen molar-refractivity contribution in [3.05, 3.63) is 132 Å². The number of benzene rings is 3. The number of hydrogen-bond donors (Lipinski definition) is 0. The Morgan fingerprint density at radius 2 is 1.56 bits per heavy atom. The molecule has 48 heavy (non-hydrogen) atoms. The average molecular weight is 664 g/mol. The molecule has 0 unspecified atom stereocenters. The molecule has 1 aliphatic heterocycles. The molecule has 2 aromatic heterocycles. The number of esters is 2. The van der Waals surface area contributed by atoms with Gasteiger partial charge in [-0.05, 0) is 82.2 Å². The number of aromatic nitrogens is 2. The zero-order valence-corrected chi connectivity index (χ0v) is 28.4. The molecular weight excluding hydrogens is 627 g/mol. The third-order valence-corrected chi connectivity index (χ3v) is 9.37. The van der Waals surface area contributed by atoms with Gasteiger partial charge in [0, 0.05) is 28.7 Å². The second kappa shape index (κ2) is 13.9. The normalized spacial score (nSPS) is 14.5. The van der Waals surface area contributed by atoms with Crippen molar-refractivity contribution >= 4 is 40.3 Å². The second-order valence-corrected chi connectivity index (χ2v) is 12.3. The molecule has 0 spiro atoms. The van der Waals surface area contributed by atoms with E-state index in [4.69, 9.17) is 19.2 Å². The Labute approximate surface area is 282 Å². The first-order valence-corrected chi connectivity index (χ1v) is 16.8. The maximum Gasteiger partial charge on any atom is 0.338 e. The van der Waals surface area contributed by atoms with Gasteiger partial charge in [-0.25, -0.2) is 14.6 Å². The Hall–Kier alpha value is -5.22. The van der Waals surface area contributed by atoms with Gasteiger partial charge in [-0.1, -0.05) is 53.8 Å². The lowest BCUT2D eigenvalue weighted by molar-refractivity contribution is -0.139. The standard InChI is InChI=1S/C38H37N3O6S/c1-6-45-28-19-17-26(18-20-28)34-33(37(44)47-8-3)23(4)39-38-41(34)35(42)32(48-38)21-30-24(5)40(31-12-10-9-11-29(30)31)22-25-13-15-27(16-14-25)36(43)46-7-2/h9-21,34H,6-8,22H2,1-5H3/b32-21-/t34-/m0/s1. The van der Waals surface area contributed by atoms with Gasteiger partial charge >= 0.3 is 11.9 Å². The molecule has 5 aromatic rings. The maximum absolute atomic E-state index is 14.3. The Morgan fingerprint density at radius 3 is 2.25 bits per heavy atom. The topological polar surface area (TPSA) is 101 Å². The van der Waals surface area contributed by atoms with E-state index >= 15 is 0 Å². The molecule has 0 saturated heterocycles. The maximum atomic E-state index is 14.3. The van der Waals surface area contributed by atoms with Crippen molar-refractivity contribution in [1.29, 1.82) is 0 Å². The molecule has 0 fully saturated rings. The largest absolute Gasteiger partial charge is 0.494 e. The number of carbonyl (C=O) groups is 2. The molecule has 3 heterocycles. The van der Waals surface area contributed by atoms with E-state index in [-0.39, 0.29) is 18.1 Å². The highest BCUT2D eigenvalue weighted by Crippen LogP contribution is 2.32. The van der Waals surface area contributed by atoms with Crippen molar-refractivity contribution in [2.75, 3.05) is 19.8 Å². The summed E-state index contributed by atoms with van der Waals surface area (Å²) < 4.78 is 20.5. The highest BCUT2D eigenvalue weighted by Gasteiger charge is 2.33. The number of thiazole rings is 1. The van der Waals surface area contributed by atoms with E-state index in [1.54, 1.807) is 37.5 Å². The lowest BCUT2D eigenvalue weighted by Crippen LogP contribution is -2.39. The molecule has 0 bridgehead atoms. The Kier molecular flexibility index (Phi) is 9.45. The fourth-order valence-corrected chi connectivity index (χ4v) is 7.17. The van der Waals surface area contributed by atoms with E-state index in [1.807, 2.05) is 68.5 Å². The zero-order valence-electron chi connectivity index (χ0n) is 27.6. The second-order valence-electron chi connectivity index (χ2n) is 11.3. The minimum atomic E-state index is -0.710. The van der Waals surface area contributed by atoms with Gasteiger partial charge in [-0.2, -0.15) is 0 Å². The monoisotopic (exact) mass is 663 g/mol. The number of rotatable bonds is 10. The average Bonchev–Trinajstić information content (AvgIpc) is 3.53. The highest BCUT2D eigenvalue weighted by atomic mass is 32.1. The number of carbonyl (C=O) groups excluding carboxylic acids is 2. The summed E-state index contributed by atoms with van der Waals surface area (Å²) in [5.41, 5.74) is 5.84. The van der Waals surface area contributed by atoms with E-state index in [1.165, 1.54) is 11.3 Å². The number of para-hydroxylation sites is 1. The van der Waals surface area contributed by atoms with Crippen LogP contribution >= 0.6 is 11.3 Å². The molecule has 0 saturated carbocycles. The summed E-state index contributed by atoms with van der Waals surface area (Å²) >= 11 is 1.30. The molecule has 0 N–H and O–H groups in total. The molecule has 1 aliphatic rings. The first-order chi connectivity index (χ1) is 23.2. The van der Waals surface area contributed by atoms with E-state index in [9.17, 15) is 14.4 Å². The molecular formula is C38H37N3O6S. The Morgan fingerprint density at radius 1 is 0.875 bits per heavy atom. The summed E-state index contributed by atoms with van der Waals surface area (Å²) in [4.78, 5) is 45.0. The molecule has 9 nitrogen and oxygen atoms in total. The van der Waals surface area contributed by atoms with E-state index in [0.29, 0.717) is 51.7 Å². The smallest absolute Gasteiger partial charge is 0.338 e. The summed E-state index contributed by atoms with van der Waals surface area (Å²) in [7, 11) is 0. The van der Waals surface area contributed by atoms with Crippen molar-refractivity contribution in [3.8, 4) is 5.75 Å². The van der Waals surface area contributed by atoms with Gasteiger partial charge < -0.3 is 18.8 Å². The van der Waals surface area contributed by atoms with Crippen LogP contribution in [0.1, 0.15) is 66.5 Å². The fourth-order valence-electron chi connectivity index (χ4n) is 6.14. The van der Waals surface area contributed by atoms with Crippen LogP contribution < -0.4 is 19.6 Å². The summed E-state index contributed by atoms with van der Waals surface area (Å²) in [6.45, 7) is 10.9. The Bertz CT molecular complexity index is 2220. The van der Waals surface area contributed by atoms with Gasteiger partial charge in [-0.15, -0.1) is 0 Å².